The Kier molecular flexibility index (Phi) is 4.07. The molecule has 1 aromatic carbocycles. The molecule has 1 aliphatic heterocycles. The number of anilines is 1. The summed E-state index contributed by atoms with van der Waals surface area (Å²) in [5, 5.41) is 2.46. The predicted octanol–water partition coefficient (Wildman–Crippen LogP) is 3.12. The molecule has 0 bridgehead atoms. The van der Waals surface area contributed by atoms with Gasteiger partial charge in [0.15, 0.2) is 0 Å². The van der Waals surface area contributed by atoms with Gasteiger partial charge >= 0.3 is 0 Å². The molecule has 2 heterocycles. The summed E-state index contributed by atoms with van der Waals surface area (Å²) in [6, 6.07) is 3.18. The average molecular weight is 409 g/mol. The van der Waals surface area contributed by atoms with Crippen LogP contribution in [0.5, 0.6) is 0 Å². The Hall–Kier alpha value is -3.41. The van der Waals surface area contributed by atoms with E-state index in [9.17, 15) is 14.0 Å². The molecule has 2 aromatic rings. The molecule has 0 unspecified atom stereocenters. The number of halogens is 2. The van der Waals surface area contributed by atoms with Gasteiger partial charge < -0.3 is 4.90 Å². The highest BCUT2D eigenvalue weighted by Gasteiger charge is 2.62. The van der Waals surface area contributed by atoms with Crippen LogP contribution in [0.25, 0.3) is 4.85 Å². The number of hydrogen-bond donors (Lipinski definition) is 1. The highest BCUT2D eigenvalue weighted by atomic mass is 19.1. The maximum Gasteiger partial charge on any atom is 0.254 e. The Bertz CT molecular complexity index is 1110. The summed E-state index contributed by atoms with van der Waals surface area (Å²) in [6.45, 7) is 6.51. The number of nitrogens with one attached hydrogen (secondary N) is 1. The number of carbonyl (C=O) groups is 2. The summed E-state index contributed by atoms with van der Waals surface area (Å²) in [7, 11) is 0. The molecule has 30 heavy (non-hydrogen) atoms. The molecule has 2 amide bonds. The molecule has 2 aliphatic carbocycles. The topological polar surface area (TPSA) is 79.5 Å². The van der Waals surface area contributed by atoms with Crippen LogP contribution in [-0.4, -0.2) is 45.9 Å². The van der Waals surface area contributed by atoms with Crippen molar-refractivity contribution in [2.45, 2.75) is 36.8 Å². The van der Waals surface area contributed by atoms with Gasteiger partial charge in [0.2, 0.25) is 17.5 Å². The Morgan fingerprint density at radius 3 is 2.63 bits per heavy atom. The molecule has 1 aromatic heterocycles. The molecule has 2 atom stereocenters. The normalized spacial score (nSPS) is 24.4. The Balaban J connectivity index is 1.39. The molecule has 0 saturated heterocycles. The monoisotopic (exact) mass is 409 g/mol. The summed E-state index contributed by atoms with van der Waals surface area (Å²) in [6.07, 6.45) is 3.23. The molecule has 5 rings (SSSR count). The van der Waals surface area contributed by atoms with Crippen molar-refractivity contribution in [1.82, 2.24) is 14.9 Å². The highest BCUT2D eigenvalue weighted by Crippen LogP contribution is 2.56. The van der Waals surface area contributed by atoms with E-state index in [2.05, 4.69) is 20.1 Å². The third kappa shape index (κ3) is 2.91. The van der Waals surface area contributed by atoms with E-state index in [1.807, 2.05) is 0 Å². The first-order valence-corrected chi connectivity index (χ1v) is 9.68. The Labute approximate surface area is 170 Å². The van der Waals surface area contributed by atoms with Crippen LogP contribution in [0.3, 0.4) is 0 Å². The van der Waals surface area contributed by atoms with Crippen LogP contribution in [0.1, 0.15) is 46.7 Å². The first-order valence-electron chi connectivity index (χ1n) is 9.68. The molecular weight excluding hydrogens is 392 g/mol. The fourth-order valence-electron chi connectivity index (χ4n) is 4.22. The highest BCUT2D eigenvalue weighted by molar-refractivity contribution is 6.01. The van der Waals surface area contributed by atoms with Crippen molar-refractivity contribution < 1.29 is 18.4 Å². The first-order chi connectivity index (χ1) is 14.4. The minimum Gasteiger partial charge on any atom is -0.328 e. The number of rotatable bonds is 4. The van der Waals surface area contributed by atoms with E-state index in [4.69, 9.17) is 6.57 Å². The Morgan fingerprint density at radius 1 is 1.33 bits per heavy atom. The second kappa shape index (κ2) is 6.55. The summed E-state index contributed by atoms with van der Waals surface area (Å²) in [5.74, 6) is -1.35. The lowest BCUT2D eigenvalue weighted by Gasteiger charge is -2.35. The van der Waals surface area contributed by atoms with Crippen molar-refractivity contribution in [3.63, 3.8) is 0 Å². The van der Waals surface area contributed by atoms with E-state index >= 15 is 4.39 Å². The molecule has 2 saturated carbocycles. The van der Waals surface area contributed by atoms with E-state index in [1.54, 1.807) is 12.1 Å². The number of hydrogen-bond acceptors (Lipinski definition) is 4. The fourth-order valence-corrected chi connectivity index (χ4v) is 4.22. The van der Waals surface area contributed by atoms with Gasteiger partial charge in [0, 0.05) is 30.1 Å². The van der Waals surface area contributed by atoms with Crippen molar-refractivity contribution in [1.29, 1.82) is 0 Å². The average Bonchev–Trinajstić information content (AvgIpc) is 3.65. The molecular formula is C21H17F2N5O2. The van der Waals surface area contributed by atoms with Crippen LogP contribution in [-0.2, 0) is 10.2 Å². The zero-order valence-corrected chi connectivity index (χ0v) is 15.9. The zero-order valence-electron chi connectivity index (χ0n) is 15.9. The van der Waals surface area contributed by atoms with E-state index < -0.39 is 29.2 Å². The fraction of sp³-hybridized carbons (Fsp3) is 0.381. The number of benzene rings is 1. The molecule has 3 aliphatic rings. The van der Waals surface area contributed by atoms with Gasteiger partial charge in [-0.2, -0.15) is 0 Å². The van der Waals surface area contributed by atoms with E-state index in [-0.39, 0.29) is 48.2 Å². The largest absolute Gasteiger partial charge is 0.328 e. The van der Waals surface area contributed by atoms with Crippen molar-refractivity contribution in [3.05, 3.63) is 58.5 Å². The number of carbonyl (C=O) groups excluding carboxylic acids is 2. The van der Waals surface area contributed by atoms with Gasteiger partial charge in [0.05, 0.1) is 12.0 Å². The number of amides is 2. The van der Waals surface area contributed by atoms with Crippen molar-refractivity contribution in [3.8, 4) is 0 Å². The van der Waals surface area contributed by atoms with Gasteiger partial charge in [-0.3, -0.25) is 14.9 Å². The molecule has 9 heteroatoms. The van der Waals surface area contributed by atoms with Crippen LogP contribution in [0.15, 0.2) is 24.5 Å². The predicted molar refractivity (Wildman–Crippen MR) is 102 cm³/mol. The van der Waals surface area contributed by atoms with Crippen molar-refractivity contribution in [2.75, 3.05) is 18.4 Å². The number of nitrogens with zero attached hydrogens (tertiary/aromatic N) is 4. The van der Waals surface area contributed by atoms with Gasteiger partial charge in [0.1, 0.15) is 18.5 Å². The van der Waals surface area contributed by atoms with Gasteiger partial charge in [-0.05, 0) is 36.8 Å². The van der Waals surface area contributed by atoms with Gasteiger partial charge in [-0.25, -0.2) is 23.6 Å². The maximum atomic E-state index is 15.2. The van der Waals surface area contributed by atoms with Gasteiger partial charge in [-0.15, -0.1) is 0 Å². The molecule has 7 nitrogen and oxygen atoms in total. The third-order valence-corrected chi connectivity index (χ3v) is 6.01. The van der Waals surface area contributed by atoms with Gasteiger partial charge in [-0.1, -0.05) is 6.07 Å². The molecule has 0 radical (unpaired) electrons. The van der Waals surface area contributed by atoms with Crippen LogP contribution < -0.4 is 5.32 Å². The van der Waals surface area contributed by atoms with Crippen LogP contribution in [0, 0.1) is 12.4 Å². The SMILES string of the molecule is [C-]#[N+]c1cnc(NC(=O)CN2C[C@]3(C[C@@H]3F)c3c(ccc(C4CC4)c3F)C2=O)nc1. The lowest BCUT2D eigenvalue weighted by atomic mass is 9.83. The second-order valence-corrected chi connectivity index (χ2v) is 8.08. The van der Waals surface area contributed by atoms with Gasteiger partial charge in [0.25, 0.3) is 5.91 Å². The van der Waals surface area contributed by atoms with Crippen molar-refractivity contribution in [2.24, 2.45) is 0 Å². The lowest BCUT2D eigenvalue weighted by Crippen LogP contribution is -2.48. The van der Waals surface area contributed by atoms with Crippen LogP contribution in [0.2, 0.25) is 0 Å². The second-order valence-electron chi connectivity index (χ2n) is 8.08. The number of alkyl halides is 1. The zero-order chi connectivity index (χ0) is 21.0. The smallest absolute Gasteiger partial charge is 0.254 e. The third-order valence-electron chi connectivity index (χ3n) is 6.01. The maximum absolute atomic E-state index is 15.2. The number of fused-ring (bicyclic) bond motifs is 2. The molecule has 1 N–H and O–H groups in total. The quantitative estimate of drug-likeness (QED) is 0.787. The Morgan fingerprint density at radius 2 is 2.03 bits per heavy atom. The van der Waals surface area contributed by atoms with E-state index in [0.717, 1.165) is 12.8 Å². The lowest BCUT2D eigenvalue weighted by molar-refractivity contribution is -0.117. The van der Waals surface area contributed by atoms with Crippen LogP contribution >= 0.6 is 0 Å². The van der Waals surface area contributed by atoms with E-state index in [1.165, 1.54) is 17.3 Å². The summed E-state index contributed by atoms with van der Waals surface area (Å²) in [4.78, 5) is 37.5. The number of aromatic nitrogens is 2. The standard InChI is InChI=1S/C21H17F2N5O2/c1-24-12-7-25-20(26-8-12)27-16(29)9-28-10-21(6-15(21)22)17-14(19(28)30)5-4-13(18(17)23)11-2-3-11/h4-5,7-8,11,15H,2-3,6,9-10H2,(H,25,26,27,29)/t15-,21-/m0/s1. The minimum absolute atomic E-state index is 0.00174. The molecule has 2 fully saturated rings. The summed E-state index contributed by atoms with van der Waals surface area (Å²) < 4.78 is 29.7. The minimum atomic E-state index is -1.25. The first kappa shape index (κ1) is 18.6. The summed E-state index contributed by atoms with van der Waals surface area (Å²) >= 11 is 0. The van der Waals surface area contributed by atoms with E-state index in [0.29, 0.717) is 5.56 Å². The van der Waals surface area contributed by atoms with Crippen molar-refractivity contribution >= 4 is 23.5 Å². The van der Waals surface area contributed by atoms with Crippen LogP contribution in [0.4, 0.5) is 20.4 Å². The molecule has 1 spiro atoms. The molecule has 152 valence electrons. The summed E-state index contributed by atoms with van der Waals surface area (Å²) in [5.41, 5.74) is 0.0268.